The number of nitrogens with one attached hydrogen (secondary N) is 1. The summed E-state index contributed by atoms with van der Waals surface area (Å²) in [6.07, 6.45) is 1.72. The van der Waals surface area contributed by atoms with Gasteiger partial charge in [0.05, 0.1) is 4.92 Å². The van der Waals surface area contributed by atoms with E-state index in [1.165, 1.54) is 0 Å². The molecule has 1 aliphatic heterocycles. The van der Waals surface area contributed by atoms with Crippen LogP contribution in [0.1, 0.15) is 12.8 Å². The van der Waals surface area contributed by atoms with Crippen molar-refractivity contribution in [2.45, 2.75) is 18.4 Å². The van der Waals surface area contributed by atoms with Gasteiger partial charge in [-0.15, -0.1) is 0 Å². The van der Waals surface area contributed by atoms with E-state index in [-0.39, 0.29) is 10.1 Å². The van der Waals surface area contributed by atoms with Gasteiger partial charge in [0.15, 0.2) is 5.13 Å². The number of hydrogen-bond acceptors (Lipinski definition) is 7. The molecule has 0 bridgehead atoms. The zero-order valence-corrected chi connectivity index (χ0v) is 10.1. The number of ether oxygens (including phenoxy) is 1. The lowest BCUT2D eigenvalue weighted by Gasteiger charge is -2.33. The van der Waals surface area contributed by atoms with Gasteiger partial charge in [-0.1, -0.05) is 0 Å². The van der Waals surface area contributed by atoms with Crippen LogP contribution in [0.3, 0.4) is 0 Å². The van der Waals surface area contributed by atoms with Gasteiger partial charge in [-0.3, -0.25) is 10.1 Å². The van der Waals surface area contributed by atoms with Crippen LogP contribution in [0.2, 0.25) is 0 Å². The summed E-state index contributed by atoms with van der Waals surface area (Å²) in [6, 6.07) is 0. The summed E-state index contributed by atoms with van der Waals surface area (Å²) < 4.78 is 5.13. The van der Waals surface area contributed by atoms with Crippen LogP contribution in [0.4, 0.5) is 10.1 Å². The third kappa shape index (κ3) is 2.41. The van der Waals surface area contributed by atoms with Crippen molar-refractivity contribution >= 4 is 27.4 Å². The first-order valence-electron chi connectivity index (χ1n) is 5.23. The Morgan fingerprint density at radius 3 is 2.78 bits per heavy atom. The molecular weight excluding hydrogens is 262 g/mol. The van der Waals surface area contributed by atoms with Gasteiger partial charge in [-0.2, -0.15) is 0 Å². The Bertz CT molecular complexity index is 469. The third-order valence-corrected chi connectivity index (χ3v) is 3.64. The highest BCUT2D eigenvalue weighted by molar-refractivity contribution is 7.18. The van der Waals surface area contributed by atoms with Crippen molar-refractivity contribution in [2.75, 3.05) is 18.5 Å². The van der Waals surface area contributed by atoms with Gasteiger partial charge in [-0.05, 0) is 11.3 Å². The standard InChI is InChI=1S/C9H11N3O5S/c13-7(14)9(1-3-17-4-2-9)11-8-10-5-6(18-8)12(15)16/h5H,1-4H2,(H,10,11)(H,13,14). The molecule has 1 aliphatic rings. The lowest BCUT2D eigenvalue weighted by atomic mass is 9.90. The Morgan fingerprint density at radius 1 is 1.61 bits per heavy atom. The molecule has 2 heterocycles. The van der Waals surface area contributed by atoms with Crippen LogP contribution < -0.4 is 5.32 Å². The van der Waals surface area contributed by atoms with Crippen LogP contribution in [-0.4, -0.2) is 39.7 Å². The number of carbonyl (C=O) groups is 1. The van der Waals surface area contributed by atoms with E-state index in [2.05, 4.69) is 10.3 Å². The number of aliphatic carboxylic acids is 1. The highest BCUT2D eigenvalue weighted by Gasteiger charge is 2.41. The van der Waals surface area contributed by atoms with Gasteiger partial charge in [-0.25, -0.2) is 9.78 Å². The molecule has 98 valence electrons. The molecule has 1 fully saturated rings. The molecule has 9 heteroatoms. The number of nitrogens with zero attached hydrogens (tertiary/aromatic N) is 2. The Hall–Kier alpha value is -1.74. The lowest BCUT2D eigenvalue weighted by Crippen LogP contribution is -2.50. The molecule has 1 aromatic heterocycles. The van der Waals surface area contributed by atoms with Crippen LogP contribution in [0.15, 0.2) is 6.20 Å². The molecule has 1 saturated heterocycles. The number of carboxylic acids is 1. The van der Waals surface area contributed by atoms with Crippen molar-refractivity contribution in [3.8, 4) is 0 Å². The maximum atomic E-state index is 11.3. The van der Waals surface area contributed by atoms with E-state index >= 15 is 0 Å². The fourth-order valence-corrected chi connectivity index (χ4v) is 2.45. The molecule has 0 unspecified atom stereocenters. The first-order valence-corrected chi connectivity index (χ1v) is 6.05. The molecule has 0 spiro atoms. The van der Waals surface area contributed by atoms with Gasteiger partial charge in [0.1, 0.15) is 11.7 Å². The summed E-state index contributed by atoms with van der Waals surface area (Å²) in [5, 5.41) is 22.7. The number of carboxylic acid groups (broad SMARTS) is 1. The summed E-state index contributed by atoms with van der Waals surface area (Å²) in [5.74, 6) is -0.997. The topological polar surface area (TPSA) is 115 Å². The van der Waals surface area contributed by atoms with Gasteiger partial charge >= 0.3 is 11.0 Å². The molecule has 18 heavy (non-hydrogen) atoms. The number of aromatic nitrogens is 1. The Morgan fingerprint density at radius 2 is 2.28 bits per heavy atom. The average molecular weight is 273 g/mol. The summed E-state index contributed by atoms with van der Waals surface area (Å²) in [5.41, 5.74) is -1.15. The number of rotatable bonds is 4. The first-order chi connectivity index (χ1) is 8.53. The minimum Gasteiger partial charge on any atom is -0.480 e. The van der Waals surface area contributed by atoms with Crippen molar-refractivity contribution in [1.82, 2.24) is 4.98 Å². The predicted octanol–water partition coefficient (Wildman–Crippen LogP) is 1.10. The molecule has 8 nitrogen and oxygen atoms in total. The molecule has 0 aliphatic carbocycles. The molecule has 1 aromatic rings. The summed E-state index contributed by atoms with van der Waals surface area (Å²) >= 11 is 0.825. The van der Waals surface area contributed by atoms with E-state index in [1.54, 1.807) is 0 Å². The van der Waals surface area contributed by atoms with E-state index in [9.17, 15) is 20.0 Å². The maximum Gasteiger partial charge on any atom is 0.345 e. The quantitative estimate of drug-likeness (QED) is 0.623. The zero-order chi connectivity index (χ0) is 13.2. The van der Waals surface area contributed by atoms with Crippen LogP contribution in [0, 0.1) is 10.1 Å². The molecule has 0 aromatic carbocycles. The minimum atomic E-state index is -1.15. The SMILES string of the molecule is O=C(O)C1(Nc2ncc([N+](=O)[O-])s2)CCOCC1. The molecule has 0 radical (unpaired) electrons. The van der Waals surface area contributed by atoms with E-state index in [4.69, 9.17) is 4.74 Å². The highest BCUT2D eigenvalue weighted by Crippen LogP contribution is 2.31. The Balaban J connectivity index is 2.17. The second-order valence-electron chi connectivity index (χ2n) is 3.89. The number of thiazole rings is 1. The van der Waals surface area contributed by atoms with Crippen LogP contribution in [0.25, 0.3) is 0 Å². The van der Waals surface area contributed by atoms with E-state index in [1.807, 2.05) is 0 Å². The van der Waals surface area contributed by atoms with Gasteiger partial charge in [0, 0.05) is 26.1 Å². The smallest absolute Gasteiger partial charge is 0.345 e. The van der Waals surface area contributed by atoms with Crippen LogP contribution in [0.5, 0.6) is 0 Å². The van der Waals surface area contributed by atoms with Crippen molar-refractivity contribution in [1.29, 1.82) is 0 Å². The fourth-order valence-electron chi connectivity index (χ4n) is 1.72. The van der Waals surface area contributed by atoms with E-state index < -0.39 is 16.4 Å². The number of anilines is 1. The van der Waals surface area contributed by atoms with Gasteiger partial charge in [0.2, 0.25) is 0 Å². The molecule has 0 atom stereocenters. The van der Waals surface area contributed by atoms with Crippen molar-refractivity contribution in [2.24, 2.45) is 0 Å². The number of hydrogen-bond donors (Lipinski definition) is 2. The van der Waals surface area contributed by atoms with Crippen molar-refractivity contribution in [3.63, 3.8) is 0 Å². The Labute approximate surface area is 106 Å². The van der Waals surface area contributed by atoms with Crippen molar-refractivity contribution < 1.29 is 19.6 Å². The van der Waals surface area contributed by atoms with Crippen molar-refractivity contribution in [3.05, 3.63) is 16.3 Å². The lowest BCUT2D eigenvalue weighted by molar-refractivity contribution is -0.380. The largest absolute Gasteiger partial charge is 0.480 e. The molecular formula is C9H11N3O5S. The van der Waals surface area contributed by atoms with E-state index in [0.29, 0.717) is 26.1 Å². The van der Waals surface area contributed by atoms with Crippen LogP contribution in [-0.2, 0) is 9.53 Å². The summed E-state index contributed by atoms with van der Waals surface area (Å²) in [4.78, 5) is 25.1. The maximum absolute atomic E-state index is 11.3. The summed E-state index contributed by atoms with van der Waals surface area (Å²) in [6.45, 7) is 0.680. The molecule has 2 rings (SSSR count). The molecule has 0 amide bonds. The number of nitro groups is 1. The summed E-state index contributed by atoms with van der Waals surface area (Å²) in [7, 11) is 0. The monoisotopic (exact) mass is 273 g/mol. The second kappa shape index (κ2) is 4.86. The fraction of sp³-hybridized carbons (Fsp3) is 0.556. The van der Waals surface area contributed by atoms with E-state index in [0.717, 1.165) is 17.5 Å². The molecule has 2 N–H and O–H groups in total. The van der Waals surface area contributed by atoms with Gasteiger partial charge in [0.25, 0.3) is 0 Å². The Kier molecular flexibility index (Phi) is 3.43. The second-order valence-corrected chi connectivity index (χ2v) is 4.89. The highest BCUT2D eigenvalue weighted by atomic mass is 32.1. The van der Waals surface area contributed by atoms with Crippen LogP contribution >= 0.6 is 11.3 Å². The normalized spacial score (nSPS) is 18.2. The molecule has 0 saturated carbocycles. The predicted molar refractivity (Wildman–Crippen MR) is 62.8 cm³/mol. The minimum absolute atomic E-state index is 0.120. The zero-order valence-electron chi connectivity index (χ0n) is 9.29. The third-order valence-electron chi connectivity index (χ3n) is 2.78. The average Bonchev–Trinajstić information content (AvgIpc) is 2.78. The first kappa shape index (κ1) is 12.7. The van der Waals surface area contributed by atoms with Gasteiger partial charge < -0.3 is 15.2 Å².